The molecular formula is C12H14F2O. The fourth-order valence-electron chi connectivity index (χ4n) is 1.65. The summed E-state index contributed by atoms with van der Waals surface area (Å²) in [5.74, 6) is -0.0854. The number of hydrogen-bond acceptors (Lipinski definition) is 1. The van der Waals surface area contributed by atoms with E-state index in [1.807, 2.05) is 6.92 Å². The van der Waals surface area contributed by atoms with Crippen LogP contribution in [0.3, 0.4) is 0 Å². The zero-order valence-corrected chi connectivity index (χ0v) is 8.89. The Balaban J connectivity index is 3.20. The van der Waals surface area contributed by atoms with Crippen molar-refractivity contribution in [3.63, 3.8) is 0 Å². The van der Waals surface area contributed by atoms with Crippen LogP contribution < -0.4 is 0 Å². The van der Waals surface area contributed by atoms with Crippen LogP contribution in [0.25, 0.3) is 0 Å². The van der Waals surface area contributed by atoms with Gasteiger partial charge in [0, 0.05) is 12.0 Å². The van der Waals surface area contributed by atoms with E-state index in [0.29, 0.717) is 12.0 Å². The first-order valence-corrected chi connectivity index (χ1v) is 4.94. The molecule has 0 saturated carbocycles. The summed E-state index contributed by atoms with van der Waals surface area (Å²) in [6.45, 7) is 3.32. The lowest BCUT2D eigenvalue weighted by Crippen LogP contribution is -2.05. The Morgan fingerprint density at radius 2 is 2.07 bits per heavy atom. The quantitative estimate of drug-likeness (QED) is 0.748. The fourth-order valence-corrected chi connectivity index (χ4v) is 1.65. The fraction of sp³-hybridized carbons (Fsp3) is 0.417. The van der Waals surface area contributed by atoms with Gasteiger partial charge in [-0.15, -0.1) is 0 Å². The molecule has 0 aromatic heterocycles. The van der Waals surface area contributed by atoms with Gasteiger partial charge in [-0.3, -0.25) is 4.79 Å². The molecule has 0 heterocycles. The van der Waals surface area contributed by atoms with E-state index in [4.69, 9.17) is 0 Å². The lowest BCUT2D eigenvalue weighted by molar-refractivity contribution is -0.116. The van der Waals surface area contributed by atoms with Crippen LogP contribution in [-0.4, -0.2) is 5.78 Å². The Kier molecular flexibility index (Phi) is 3.95. The van der Waals surface area contributed by atoms with Gasteiger partial charge in [0.2, 0.25) is 0 Å². The highest BCUT2D eigenvalue weighted by Gasteiger charge is 2.16. The number of rotatable bonds is 4. The maximum atomic E-state index is 12.7. The normalized spacial score (nSPS) is 10.7. The lowest BCUT2D eigenvalue weighted by Gasteiger charge is -2.11. The van der Waals surface area contributed by atoms with E-state index in [1.165, 1.54) is 13.0 Å². The van der Waals surface area contributed by atoms with Crippen molar-refractivity contribution in [1.82, 2.24) is 0 Å². The second kappa shape index (κ2) is 5.01. The van der Waals surface area contributed by atoms with E-state index in [-0.39, 0.29) is 17.8 Å². The van der Waals surface area contributed by atoms with E-state index in [1.54, 1.807) is 12.1 Å². The largest absolute Gasteiger partial charge is 0.300 e. The minimum Gasteiger partial charge on any atom is -0.300 e. The molecule has 82 valence electrons. The van der Waals surface area contributed by atoms with E-state index in [0.717, 1.165) is 5.56 Å². The van der Waals surface area contributed by atoms with Gasteiger partial charge in [-0.1, -0.05) is 25.1 Å². The Bertz CT molecular complexity index is 359. The van der Waals surface area contributed by atoms with Crippen LogP contribution in [0, 0.1) is 0 Å². The maximum absolute atomic E-state index is 12.7. The Labute approximate surface area is 88.1 Å². The Morgan fingerprint density at radius 1 is 1.40 bits per heavy atom. The van der Waals surface area contributed by atoms with E-state index in [9.17, 15) is 13.6 Å². The molecule has 0 aliphatic heterocycles. The van der Waals surface area contributed by atoms with Gasteiger partial charge >= 0.3 is 0 Å². The van der Waals surface area contributed by atoms with Crippen LogP contribution in [0.4, 0.5) is 8.78 Å². The molecule has 1 aromatic rings. The molecule has 0 aliphatic carbocycles. The maximum Gasteiger partial charge on any atom is 0.264 e. The smallest absolute Gasteiger partial charge is 0.264 e. The summed E-state index contributed by atoms with van der Waals surface area (Å²) in [6, 6.07) is 4.80. The van der Waals surface area contributed by atoms with Crippen molar-refractivity contribution >= 4 is 5.78 Å². The molecule has 1 aromatic carbocycles. The third-order valence-electron chi connectivity index (χ3n) is 2.35. The molecule has 0 unspecified atom stereocenters. The second-order valence-electron chi connectivity index (χ2n) is 3.52. The van der Waals surface area contributed by atoms with Crippen LogP contribution in [0.2, 0.25) is 0 Å². The topological polar surface area (TPSA) is 17.1 Å². The number of benzene rings is 1. The van der Waals surface area contributed by atoms with Crippen LogP contribution in [0.5, 0.6) is 0 Å². The Morgan fingerprint density at radius 3 is 2.53 bits per heavy atom. The summed E-state index contributed by atoms with van der Waals surface area (Å²) in [5.41, 5.74) is 1.33. The van der Waals surface area contributed by atoms with Gasteiger partial charge in [0.25, 0.3) is 6.43 Å². The predicted molar refractivity (Wildman–Crippen MR) is 55.2 cm³/mol. The predicted octanol–water partition coefficient (Wildman–Crippen LogP) is 3.32. The highest BCUT2D eigenvalue weighted by Crippen LogP contribution is 2.26. The minimum atomic E-state index is -2.51. The number of Topliss-reactive ketones (excluding diaryl/α,β-unsaturated/α-hetero) is 1. The summed E-state index contributed by atoms with van der Waals surface area (Å²) in [6.07, 6.45) is -1.74. The van der Waals surface area contributed by atoms with Crippen LogP contribution >= 0.6 is 0 Å². The first-order chi connectivity index (χ1) is 7.06. The standard InChI is InChI=1S/C12H14F2O/c1-3-9-5-4-6-10(12(13)14)11(9)7-8(2)15/h4-6,12H,3,7H2,1-2H3. The van der Waals surface area contributed by atoms with E-state index in [2.05, 4.69) is 0 Å². The third-order valence-corrected chi connectivity index (χ3v) is 2.35. The molecule has 0 spiro atoms. The second-order valence-corrected chi connectivity index (χ2v) is 3.52. The van der Waals surface area contributed by atoms with Gasteiger partial charge in [-0.2, -0.15) is 0 Å². The summed E-state index contributed by atoms with van der Waals surface area (Å²) >= 11 is 0. The van der Waals surface area contributed by atoms with E-state index < -0.39 is 6.43 Å². The zero-order chi connectivity index (χ0) is 11.4. The molecule has 3 heteroatoms. The number of aryl methyl sites for hydroxylation is 1. The van der Waals surface area contributed by atoms with Crippen LogP contribution in [0.1, 0.15) is 37.0 Å². The molecule has 15 heavy (non-hydrogen) atoms. The summed E-state index contributed by atoms with van der Waals surface area (Å²) < 4.78 is 25.4. The monoisotopic (exact) mass is 212 g/mol. The zero-order valence-electron chi connectivity index (χ0n) is 8.89. The molecule has 0 saturated heterocycles. The molecular weight excluding hydrogens is 198 g/mol. The van der Waals surface area contributed by atoms with Gasteiger partial charge in [-0.25, -0.2) is 8.78 Å². The van der Waals surface area contributed by atoms with Gasteiger partial charge in [0.1, 0.15) is 5.78 Å². The van der Waals surface area contributed by atoms with Crippen LogP contribution in [-0.2, 0) is 17.6 Å². The van der Waals surface area contributed by atoms with E-state index >= 15 is 0 Å². The highest BCUT2D eigenvalue weighted by molar-refractivity contribution is 5.79. The molecule has 1 nitrogen and oxygen atoms in total. The van der Waals surface area contributed by atoms with Gasteiger partial charge < -0.3 is 0 Å². The van der Waals surface area contributed by atoms with Crippen molar-refractivity contribution in [1.29, 1.82) is 0 Å². The lowest BCUT2D eigenvalue weighted by atomic mass is 9.95. The minimum absolute atomic E-state index is 0.00968. The number of carbonyl (C=O) groups is 1. The third kappa shape index (κ3) is 2.85. The average Bonchev–Trinajstić information content (AvgIpc) is 2.16. The van der Waals surface area contributed by atoms with Crippen molar-refractivity contribution in [2.45, 2.75) is 33.1 Å². The average molecular weight is 212 g/mol. The van der Waals surface area contributed by atoms with Crippen molar-refractivity contribution in [2.24, 2.45) is 0 Å². The number of alkyl halides is 2. The first kappa shape index (κ1) is 11.8. The van der Waals surface area contributed by atoms with Gasteiger partial charge in [0.05, 0.1) is 0 Å². The molecule has 0 fully saturated rings. The Hall–Kier alpha value is -1.25. The van der Waals surface area contributed by atoms with Crippen molar-refractivity contribution < 1.29 is 13.6 Å². The molecule has 0 amide bonds. The van der Waals surface area contributed by atoms with Gasteiger partial charge in [-0.05, 0) is 24.5 Å². The summed E-state index contributed by atoms with van der Waals surface area (Å²) in [4.78, 5) is 11.0. The number of halogens is 2. The molecule has 0 aliphatic rings. The molecule has 0 radical (unpaired) electrons. The van der Waals surface area contributed by atoms with Crippen molar-refractivity contribution in [3.8, 4) is 0 Å². The molecule has 0 atom stereocenters. The molecule has 0 N–H and O–H groups in total. The molecule has 1 rings (SSSR count). The first-order valence-electron chi connectivity index (χ1n) is 4.94. The van der Waals surface area contributed by atoms with Crippen molar-refractivity contribution in [2.75, 3.05) is 0 Å². The summed E-state index contributed by atoms with van der Waals surface area (Å²) in [7, 11) is 0. The van der Waals surface area contributed by atoms with Gasteiger partial charge in [0.15, 0.2) is 0 Å². The molecule has 0 bridgehead atoms. The van der Waals surface area contributed by atoms with Crippen LogP contribution in [0.15, 0.2) is 18.2 Å². The number of hydrogen-bond donors (Lipinski definition) is 0. The SMILES string of the molecule is CCc1cccc(C(F)F)c1CC(C)=O. The number of ketones is 1. The summed E-state index contributed by atoms with van der Waals surface area (Å²) in [5, 5.41) is 0. The highest BCUT2D eigenvalue weighted by atomic mass is 19.3. The number of carbonyl (C=O) groups excluding carboxylic acids is 1. The van der Waals surface area contributed by atoms with Crippen molar-refractivity contribution in [3.05, 3.63) is 34.9 Å².